The summed E-state index contributed by atoms with van der Waals surface area (Å²) in [5.74, 6) is 0.939. The lowest BCUT2D eigenvalue weighted by atomic mass is 9.77. The van der Waals surface area contributed by atoms with Gasteiger partial charge in [0.15, 0.2) is 11.9 Å². The molecule has 1 heterocycles. The largest absolute Gasteiger partial charge is 0.481 e. The van der Waals surface area contributed by atoms with Crippen molar-refractivity contribution >= 4 is 0 Å². The summed E-state index contributed by atoms with van der Waals surface area (Å²) in [5, 5.41) is 3.93. The summed E-state index contributed by atoms with van der Waals surface area (Å²) in [5.41, 5.74) is 5.68. The van der Waals surface area contributed by atoms with Crippen LogP contribution in [0.1, 0.15) is 44.0 Å². The lowest BCUT2D eigenvalue weighted by Crippen LogP contribution is -2.44. The summed E-state index contributed by atoms with van der Waals surface area (Å²) in [4.78, 5) is 4.30. The number of nitrogens with zero attached hydrogens (tertiary/aromatic N) is 2. The van der Waals surface area contributed by atoms with Crippen molar-refractivity contribution in [1.29, 1.82) is 0 Å². The third-order valence-corrected chi connectivity index (χ3v) is 3.59. The molecule has 6 heteroatoms. The highest BCUT2D eigenvalue weighted by Gasteiger charge is 2.39. The molecule has 0 bridgehead atoms. The van der Waals surface area contributed by atoms with E-state index in [1.807, 2.05) is 0 Å². The van der Waals surface area contributed by atoms with Crippen molar-refractivity contribution in [3.63, 3.8) is 0 Å². The first-order chi connectivity index (χ1) is 9.57. The van der Waals surface area contributed by atoms with Gasteiger partial charge in [0.1, 0.15) is 11.6 Å². The van der Waals surface area contributed by atoms with Crippen molar-refractivity contribution in [3.05, 3.63) is 41.8 Å². The average Bonchev–Trinajstić information content (AvgIpc) is 2.86. The molecule has 1 aliphatic rings. The molecule has 0 saturated heterocycles. The van der Waals surface area contributed by atoms with Crippen LogP contribution in [0.2, 0.25) is 0 Å². The number of benzene rings is 1. The van der Waals surface area contributed by atoms with Crippen LogP contribution in [0.4, 0.5) is 4.39 Å². The minimum atomic E-state index is -0.458. The Balaban J connectivity index is 1.72. The Hall–Kier alpha value is -1.95. The van der Waals surface area contributed by atoms with Crippen molar-refractivity contribution in [2.75, 3.05) is 0 Å². The van der Waals surface area contributed by atoms with Gasteiger partial charge in [0.2, 0.25) is 0 Å². The van der Waals surface area contributed by atoms with E-state index < -0.39 is 11.6 Å². The molecule has 5 nitrogen and oxygen atoms in total. The zero-order chi connectivity index (χ0) is 14.2. The second kappa shape index (κ2) is 4.86. The molecule has 0 radical (unpaired) electrons. The summed E-state index contributed by atoms with van der Waals surface area (Å²) in [6, 6.07) is 5.92. The molecule has 1 atom stereocenters. The van der Waals surface area contributed by atoms with E-state index in [1.165, 1.54) is 12.1 Å². The molecule has 1 fully saturated rings. The van der Waals surface area contributed by atoms with Crippen LogP contribution in [0.15, 0.2) is 28.8 Å². The van der Waals surface area contributed by atoms with Crippen molar-refractivity contribution in [3.8, 4) is 5.75 Å². The van der Waals surface area contributed by atoms with Gasteiger partial charge in [-0.25, -0.2) is 4.39 Å². The number of nitrogens with two attached hydrogens (primary N) is 1. The van der Waals surface area contributed by atoms with Crippen molar-refractivity contribution in [2.24, 2.45) is 5.73 Å². The number of halogens is 1. The van der Waals surface area contributed by atoms with Crippen LogP contribution < -0.4 is 10.5 Å². The van der Waals surface area contributed by atoms with Gasteiger partial charge < -0.3 is 15.0 Å². The molecule has 1 aromatic carbocycles. The zero-order valence-electron chi connectivity index (χ0n) is 11.2. The summed E-state index contributed by atoms with van der Waals surface area (Å²) in [6.07, 6.45) is 2.35. The van der Waals surface area contributed by atoms with Crippen LogP contribution in [0.5, 0.6) is 5.75 Å². The summed E-state index contributed by atoms with van der Waals surface area (Å²) in [6.45, 7) is 1.77. The van der Waals surface area contributed by atoms with Crippen molar-refractivity contribution in [1.82, 2.24) is 10.1 Å². The molecule has 1 unspecified atom stereocenters. The van der Waals surface area contributed by atoms with Crippen molar-refractivity contribution in [2.45, 2.75) is 37.8 Å². The van der Waals surface area contributed by atoms with E-state index in [-0.39, 0.29) is 5.82 Å². The van der Waals surface area contributed by atoms with E-state index in [0.29, 0.717) is 17.5 Å². The quantitative estimate of drug-likeness (QED) is 0.930. The van der Waals surface area contributed by atoms with Crippen molar-refractivity contribution < 1.29 is 13.7 Å². The second-order valence-electron chi connectivity index (χ2n) is 5.18. The molecule has 3 rings (SSSR count). The lowest BCUT2D eigenvalue weighted by molar-refractivity contribution is 0.174. The number of hydrogen-bond acceptors (Lipinski definition) is 5. The molecule has 0 spiro atoms. The highest BCUT2D eigenvalue weighted by atomic mass is 19.1. The predicted molar refractivity (Wildman–Crippen MR) is 69.5 cm³/mol. The first-order valence-corrected chi connectivity index (χ1v) is 6.62. The fraction of sp³-hybridized carbons (Fsp3) is 0.429. The summed E-state index contributed by atoms with van der Waals surface area (Å²) < 4.78 is 23.9. The van der Waals surface area contributed by atoms with Crippen LogP contribution in [0.25, 0.3) is 0 Å². The maximum absolute atomic E-state index is 13.1. The Morgan fingerprint density at radius 3 is 2.90 bits per heavy atom. The molecule has 106 valence electrons. The highest BCUT2D eigenvalue weighted by molar-refractivity contribution is 5.23. The monoisotopic (exact) mass is 277 g/mol. The first-order valence-electron chi connectivity index (χ1n) is 6.62. The van der Waals surface area contributed by atoms with Gasteiger partial charge in [0.25, 0.3) is 5.89 Å². The van der Waals surface area contributed by atoms with Crippen LogP contribution in [-0.4, -0.2) is 10.1 Å². The van der Waals surface area contributed by atoms with Gasteiger partial charge in [-0.05, 0) is 38.3 Å². The van der Waals surface area contributed by atoms with E-state index in [4.69, 9.17) is 15.0 Å². The van der Waals surface area contributed by atoms with Crippen LogP contribution >= 0.6 is 0 Å². The van der Waals surface area contributed by atoms with Crippen LogP contribution in [-0.2, 0) is 5.54 Å². The lowest BCUT2D eigenvalue weighted by Gasteiger charge is -2.34. The molecule has 2 N–H and O–H groups in total. The Morgan fingerprint density at radius 2 is 2.25 bits per heavy atom. The maximum atomic E-state index is 13.1. The SMILES string of the molecule is CC(Oc1cccc(F)c1)c1nc(C2(N)CCC2)no1. The Bertz CT molecular complexity index is 610. The average molecular weight is 277 g/mol. The van der Waals surface area contributed by atoms with E-state index in [2.05, 4.69) is 10.1 Å². The Morgan fingerprint density at radius 1 is 1.45 bits per heavy atom. The van der Waals surface area contributed by atoms with E-state index in [0.717, 1.165) is 19.3 Å². The summed E-state index contributed by atoms with van der Waals surface area (Å²) in [7, 11) is 0. The molecule has 1 saturated carbocycles. The fourth-order valence-corrected chi connectivity index (χ4v) is 2.18. The highest BCUT2D eigenvalue weighted by Crippen LogP contribution is 2.37. The second-order valence-corrected chi connectivity index (χ2v) is 5.18. The fourth-order valence-electron chi connectivity index (χ4n) is 2.18. The minimum absolute atomic E-state index is 0.348. The third kappa shape index (κ3) is 2.38. The number of ether oxygens (including phenoxy) is 1. The summed E-state index contributed by atoms with van der Waals surface area (Å²) >= 11 is 0. The molecular weight excluding hydrogens is 261 g/mol. The Labute approximate surface area is 115 Å². The molecule has 0 aliphatic heterocycles. The smallest absolute Gasteiger partial charge is 0.267 e. The van der Waals surface area contributed by atoms with Crippen LogP contribution in [0, 0.1) is 5.82 Å². The van der Waals surface area contributed by atoms with E-state index in [1.54, 1.807) is 19.1 Å². The number of aromatic nitrogens is 2. The zero-order valence-corrected chi connectivity index (χ0v) is 11.2. The Kier molecular flexibility index (Phi) is 3.17. The first kappa shape index (κ1) is 13.1. The van der Waals surface area contributed by atoms with E-state index in [9.17, 15) is 4.39 Å². The van der Waals surface area contributed by atoms with Gasteiger partial charge in [-0.15, -0.1) is 0 Å². The molecular formula is C14H16FN3O2. The van der Waals surface area contributed by atoms with Gasteiger partial charge >= 0.3 is 0 Å². The molecule has 1 aliphatic carbocycles. The molecule has 1 aromatic heterocycles. The van der Waals surface area contributed by atoms with Crippen LogP contribution in [0.3, 0.4) is 0 Å². The van der Waals surface area contributed by atoms with E-state index >= 15 is 0 Å². The topological polar surface area (TPSA) is 74.2 Å². The predicted octanol–water partition coefficient (Wildman–Crippen LogP) is 2.69. The number of rotatable bonds is 4. The van der Waals surface area contributed by atoms with Gasteiger partial charge in [0.05, 0.1) is 5.54 Å². The normalized spacial score (nSPS) is 18.4. The van der Waals surface area contributed by atoms with Gasteiger partial charge in [-0.2, -0.15) is 4.98 Å². The van der Waals surface area contributed by atoms with Gasteiger partial charge in [-0.3, -0.25) is 0 Å². The molecule has 20 heavy (non-hydrogen) atoms. The molecule has 2 aromatic rings. The standard InChI is InChI=1S/C14H16FN3O2/c1-9(19-11-5-2-4-10(15)8-11)12-17-13(18-20-12)14(16)6-3-7-14/h2,4-5,8-9H,3,6-7,16H2,1H3. The van der Waals surface area contributed by atoms with Gasteiger partial charge in [-0.1, -0.05) is 11.2 Å². The minimum Gasteiger partial charge on any atom is -0.481 e. The maximum Gasteiger partial charge on any atom is 0.267 e. The number of hydrogen-bond donors (Lipinski definition) is 1. The molecule has 0 amide bonds. The van der Waals surface area contributed by atoms with Gasteiger partial charge in [0, 0.05) is 6.07 Å². The third-order valence-electron chi connectivity index (χ3n) is 3.59.